The van der Waals surface area contributed by atoms with Crippen molar-refractivity contribution in [2.45, 2.75) is 20.8 Å². The Labute approximate surface area is 202 Å². The van der Waals surface area contributed by atoms with Crippen LogP contribution in [0.1, 0.15) is 16.7 Å². The van der Waals surface area contributed by atoms with Gasteiger partial charge < -0.3 is 5.64 Å². The molecule has 0 aromatic heterocycles. The Morgan fingerprint density at radius 2 is 1.15 bits per heavy atom. The van der Waals surface area contributed by atoms with E-state index in [2.05, 4.69) is 130 Å². The van der Waals surface area contributed by atoms with Crippen LogP contribution in [-0.4, -0.2) is 6.00 Å². The van der Waals surface area contributed by atoms with Crippen molar-refractivity contribution in [3.8, 4) is 0 Å². The molecule has 0 amide bonds. The molecule has 6 rings (SSSR count). The van der Waals surface area contributed by atoms with E-state index in [1.54, 1.807) is 0 Å². The van der Waals surface area contributed by atoms with Crippen molar-refractivity contribution >= 4 is 50.8 Å². The van der Waals surface area contributed by atoms with E-state index in [4.69, 9.17) is 5.64 Å². The highest BCUT2D eigenvalue weighted by molar-refractivity contribution is 8.25. The summed E-state index contributed by atoms with van der Waals surface area (Å²) in [7, 11) is -2.28. The van der Waals surface area contributed by atoms with E-state index in [-0.39, 0.29) is 0 Å². The van der Waals surface area contributed by atoms with Gasteiger partial charge in [0.1, 0.15) is 0 Å². The standard InChI is InChI=1S/C31H29BNP/c1-22-20-23(2)31(24(3)21-22)32(33)28-18-10-12-25-13-11-19-29(30(25)28)34(32,26-14-6-4-7-15-26)27-16-8-5-9-17-27/h4-21H,33H2,1-3H3/t32-/m1/s1. The summed E-state index contributed by atoms with van der Waals surface area (Å²) >= 11 is 0. The molecule has 1 aliphatic heterocycles. The van der Waals surface area contributed by atoms with Crippen LogP contribution in [0.2, 0.25) is 0 Å². The maximum atomic E-state index is 8.09. The molecule has 2 N–H and O–H groups in total. The van der Waals surface area contributed by atoms with Crippen LogP contribution in [0.3, 0.4) is 0 Å². The van der Waals surface area contributed by atoms with E-state index in [0.29, 0.717) is 0 Å². The predicted octanol–water partition coefficient (Wildman–Crippen LogP) is 4.59. The number of aryl methyl sites for hydroxylation is 3. The second kappa shape index (κ2) is 7.67. The summed E-state index contributed by atoms with van der Waals surface area (Å²) in [6.07, 6.45) is 0. The zero-order valence-electron chi connectivity index (χ0n) is 20.0. The van der Waals surface area contributed by atoms with Crippen LogP contribution < -0.4 is 32.5 Å². The molecule has 0 saturated carbocycles. The lowest BCUT2D eigenvalue weighted by Gasteiger charge is -2.46. The Morgan fingerprint density at radius 1 is 0.618 bits per heavy atom. The minimum Gasteiger partial charge on any atom is -0.458 e. The smallest absolute Gasteiger partial charge is 0.298 e. The van der Waals surface area contributed by atoms with Crippen molar-refractivity contribution in [2.75, 3.05) is 0 Å². The van der Waals surface area contributed by atoms with E-state index in [1.807, 2.05) is 0 Å². The van der Waals surface area contributed by atoms with Gasteiger partial charge in [0.05, 0.1) is 15.9 Å². The highest BCUT2D eigenvalue weighted by atomic mass is 31.2. The van der Waals surface area contributed by atoms with Crippen molar-refractivity contribution in [3.63, 3.8) is 0 Å². The molecule has 0 saturated heterocycles. The monoisotopic (exact) mass is 457 g/mol. The first-order valence-electron chi connectivity index (χ1n) is 12.1. The van der Waals surface area contributed by atoms with Crippen molar-refractivity contribution in [2.24, 2.45) is 5.64 Å². The maximum absolute atomic E-state index is 8.09. The fraction of sp³-hybridized carbons (Fsp3) is 0.0968. The Morgan fingerprint density at radius 3 is 1.71 bits per heavy atom. The second-order valence-electron chi connectivity index (χ2n) is 9.81. The van der Waals surface area contributed by atoms with Crippen LogP contribution in [0.25, 0.3) is 10.8 Å². The van der Waals surface area contributed by atoms with Gasteiger partial charge in [-0.2, -0.15) is 0 Å². The normalized spacial score (nSPS) is 18.4. The molecule has 5 aromatic carbocycles. The van der Waals surface area contributed by atoms with E-state index < -0.39 is 13.1 Å². The van der Waals surface area contributed by atoms with Gasteiger partial charge in [-0.1, -0.05) is 95.6 Å². The molecule has 0 spiro atoms. The molecule has 1 heterocycles. The second-order valence-corrected chi connectivity index (χ2v) is 13.6. The van der Waals surface area contributed by atoms with Crippen molar-refractivity contribution in [1.29, 1.82) is 0 Å². The third-order valence-electron chi connectivity index (χ3n) is 7.89. The maximum Gasteiger partial charge on any atom is 0.298 e. The van der Waals surface area contributed by atoms with Crippen molar-refractivity contribution < 1.29 is 0 Å². The minimum atomic E-state index is -2.28. The van der Waals surface area contributed by atoms with Gasteiger partial charge in [-0.15, -0.1) is 10.9 Å². The molecular formula is C31H29BNP. The molecule has 1 nitrogen and oxygen atoms in total. The van der Waals surface area contributed by atoms with Gasteiger partial charge in [0, 0.05) is 0 Å². The molecule has 1 aliphatic rings. The van der Waals surface area contributed by atoms with Crippen LogP contribution in [0.5, 0.6) is 0 Å². The first kappa shape index (κ1) is 21.4. The van der Waals surface area contributed by atoms with E-state index in [9.17, 15) is 0 Å². The summed E-state index contributed by atoms with van der Waals surface area (Å²) in [4.78, 5) is 0. The van der Waals surface area contributed by atoms with E-state index in [1.165, 1.54) is 54.3 Å². The number of nitrogens with two attached hydrogens (primary N) is 1. The van der Waals surface area contributed by atoms with Gasteiger partial charge in [0.15, 0.2) is 0 Å². The molecule has 0 radical (unpaired) electrons. The molecule has 34 heavy (non-hydrogen) atoms. The molecule has 0 aliphatic carbocycles. The largest absolute Gasteiger partial charge is 0.458 e. The first-order chi connectivity index (χ1) is 16.5. The zero-order chi connectivity index (χ0) is 23.5. The predicted molar refractivity (Wildman–Crippen MR) is 153 cm³/mol. The highest BCUT2D eigenvalue weighted by Crippen LogP contribution is 2.65. The van der Waals surface area contributed by atoms with E-state index in [0.717, 1.165) is 0 Å². The molecule has 0 bridgehead atoms. The molecule has 1 atom stereocenters. The fourth-order valence-electron chi connectivity index (χ4n) is 6.90. The lowest BCUT2D eigenvalue weighted by atomic mass is 9.47. The summed E-state index contributed by atoms with van der Waals surface area (Å²) in [5.41, 5.74) is 14.6. The molecule has 0 unspecified atom stereocenters. The molecule has 5 aromatic rings. The molecular weight excluding hydrogens is 428 g/mol. The number of rotatable bonds is 3. The molecule has 0 fully saturated rings. The number of hydrogen-bond donors (Lipinski definition) is 1. The van der Waals surface area contributed by atoms with Gasteiger partial charge in [-0.25, -0.2) is 0 Å². The van der Waals surface area contributed by atoms with Crippen LogP contribution in [0.15, 0.2) is 109 Å². The van der Waals surface area contributed by atoms with Crippen LogP contribution in [0, 0.1) is 20.8 Å². The average Bonchev–Trinajstić information content (AvgIpc) is 3.07. The van der Waals surface area contributed by atoms with Crippen LogP contribution in [-0.2, 0) is 0 Å². The minimum absolute atomic E-state index is 1.28. The Bertz CT molecular complexity index is 1480. The van der Waals surface area contributed by atoms with Crippen LogP contribution >= 0.6 is 7.14 Å². The van der Waals surface area contributed by atoms with Crippen molar-refractivity contribution in [1.82, 2.24) is 0 Å². The first-order valence-corrected chi connectivity index (χ1v) is 13.9. The van der Waals surface area contributed by atoms with Gasteiger partial charge in [0.2, 0.25) is 0 Å². The average molecular weight is 457 g/mol. The number of hydrogen-bond acceptors (Lipinski definition) is 1. The summed E-state index contributed by atoms with van der Waals surface area (Å²) in [5.74, 6) is 0. The SMILES string of the molecule is Cc1cc(C)c([B@@-]2(N)c3cccc4cccc(c34)[P+]2(c2ccccc2)c2ccccc2)c(C)c1. The van der Waals surface area contributed by atoms with Crippen LogP contribution in [0.4, 0.5) is 0 Å². The van der Waals surface area contributed by atoms with E-state index >= 15 is 0 Å². The lowest BCUT2D eigenvalue weighted by Crippen LogP contribution is -2.71. The topological polar surface area (TPSA) is 26.0 Å². The quantitative estimate of drug-likeness (QED) is 0.311. The highest BCUT2D eigenvalue weighted by Gasteiger charge is 2.63. The molecule has 166 valence electrons. The summed E-state index contributed by atoms with van der Waals surface area (Å²) in [6, 6.07) is 38.7. The number of benzene rings is 5. The lowest BCUT2D eigenvalue weighted by molar-refractivity contribution is 1.35. The summed E-state index contributed by atoms with van der Waals surface area (Å²) < 4.78 is 0. The fourth-order valence-corrected chi connectivity index (χ4v) is 12.8. The van der Waals surface area contributed by atoms with Gasteiger partial charge >= 0.3 is 0 Å². The Kier molecular flexibility index (Phi) is 4.82. The Balaban J connectivity index is 1.89. The van der Waals surface area contributed by atoms with Crippen molar-refractivity contribution in [3.05, 3.63) is 126 Å². The third kappa shape index (κ3) is 2.64. The summed E-state index contributed by atoms with van der Waals surface area (Å²) in [5, 5.41) is 6.76. The molecule has 3 heteroatoms. The Hall–Kier alpha value is -3.19. The van der Waals surface area contributed by atoms with Gasteiger partial charge in [-0.3, -0.25) is 0 Å². The zero-order valence-corrected chi connectivity index (χ0v) is 20.9. The third-order valence-corrected chi connectivity index (χ3v) is 13.0. The van der Waals surface area contributed by atoms with Gasteiger partial charge in [-0.05, 0) is 69.0 Å². The van der Waals surface area contributed by atoms with Gasteiger partial charge in [0.25, 0.3) is 6.00 Å². The summed E-state index contributed by atoms with van der Waals surface area (Å²) in [6.45, 7) is 6.68.